The van der Waals surface area contributed by atoms with Gasteiger partial charge in [-0.3, -0.25) is 0 Å². The topological polar surface area (TPSA) is 33.7 Å². The molecular weight excluding hydrogens is 252 g/mol. The van der Waals surface area contributed by atoms with E-state index in [0.717, 1.165) is 31.1 Å². The number of ether oxygens (including phenoxy) is 2. The van der Waals surface area contributed by atoms with Crippen molar-refractivity contribution >= 4 is 0 Å². The molecule has 1 N–H and O–H groups in total. The Hall–Kier alpha value is -1.26. The third-order valence-corrected chi connectivity index (χ3v) is 3.01. The Morgan fingerprint density at radius 3 is 2.05 bits per heavy atom. The molecule has 4 nitrogen and oxygen atoms in total. The van der Waals surface area contributed by atoms with Crippen molar-refractivity contribution < 1.29 is 9.47 Å². The minimum absolute atomic E-state index is 0.167. The number of nitrogens with zero attached hydrogens (tertiary/aromatic N) is 1. The van der Waals surface area contributed by atoms with Crippen LogP contribution in [-0.2, 0) is 6.54 Å². The molecule has 0 spiro atoms. The zero-order valence-corrected chi connectivity index (χ0v) is 13.6. The summed E-state index contributed by atoms with van der Waals surface area (Å²) in [6.07, 6.45) is 0. The highest BCUT2D eigenvalue weighted by Crippen LogP contribution is 2.23. The maximum atomic E-state index is 5.29. The highest BCUT2D eigenvalue weighted by molar-refractivity contribution is 5.38. The quantitative estimate of drug-likeness (QED) is 0.832. The van der Waals surface area contributed by atoms with Crippen LogP contribution in [0.1, 0.15) is 26.3 Å². The summed E-state index contributed by atoms with van der Waals surface area (Å²) in [5, 5.41) is 3.49. The minimum Gasteiger partial charge on any atom is -0.497 e. The summed E-state index contributed by atoms with van der Waals surface area (Å²) >= 11 is 0. The third kappa shape index (κ3) is 6.26. The van der Waals surface area contributed by atoms with Crippen molar-refractivity contribution in [3.8, 4) is 11.5 Å². The predicted octanol–water partition coefficient (Wildman–Crippen LogP) is 2.52. The van der Waals surface area contributed by atoms with Crippen LogP contribution in [0, 0.1) is 0 Å². The van der Waals surface area contributed by atoms with E-state index in [0.29, 0.717) is 0 Å². The second kappa shape index (κ2) is 7.50. The molecule has 0 aliphatic rings. The molecule has 4 heteroatoms. The Balaban J connectivity index is 2.54. The Kier molecular flexibility index (Phi) is 6.30. The van der Waals surface area contributed by atoms with Crippen LogP contribution >= 0.6 is 0 Å². The summed E-state index contributed by atoms with van der Waals surface area (Å²) in [5.41, 5.74) is 1.36. The number of benzene rings is 1. The average molecular weight is 280 g/mol. The van der Waals surface area contributed by atoms with E-state index in [1.165, 1.54) is 5.56 Å². The van der Waals surface area contributed by atoms with Gasteiger partial charge in [0.25, 0.3) is 0 Å². The summed E-state index contributed by atoms with van der Waals surface area (Å²) < 4.78 is 10.6. The van der Waals surface area contributed by atoms with Crippen LogP contribution in [0.15, 0.2) is 18.2 Å². The van der Waals surface area contributed by atoms with E-state index >= 15 is 0 Å². The fourth-order valence-electron chi connectivity index (χ4n) is 1.97. The lowest BCUT2D eigenvalue weighted by atomic mass is 10.1. The molecule has 0 amide bonds. The fraction of sp³-hybridized carbons (Fsp3) is 0.625. The summed E-state index contributed by atoms with van der Waals surface area (Å²) in [7, 11) is 5.47. The molecule has 0 saturated heterocycles. The highest BCUT2D eigenvalue weighted by atomic mass is 16.5. The molecule has 0 bridgehead atoms. The first-order valence-electron chi connectivity index (χ1n) is 6.99. The largest absolute Gasteiger partial charge is 0.497 e. The van der Waals surface area contributed by atoms with Gasteiger partial charge in [0.15, 0.2) is 0 Å². The van der Waals surface area contributed by atoms with Crippen molar-refractivity contribution in [2.24, 2.45) is 0 Å². The van der Waals surface area contributed by atoms with Crippen LogP contribution in [0.2, 0.25) is 0 Å². The van der Waals surface area contributed by atoms with E-state index in [-0.39, 0.29) is 5.54 Å². The second-order valence-electron chi connectivity index (χ2n) is 6.14. The normalized spacial score (nSPS) is 11.8. The van der Waals surface area contributed by atoms with Crippen LogP contribution in [0.4, 0.5) is 0 Å². The third-order valence-electron chi connectivity index (χ3n) is 3.01. The van der Waals surface area contributed by atoms with E-state index in [4.69, 9.17) is 9.47 Å². The SMILES string of the molecule is COc1cc(CN(C)CCNC(C)(C)C)cc(OC)c1. The molecule has 0 aromatic heterocycles. The van der Waals surface area contributed by atoms with Crippen molar-refractivity contribution in [3.63, 3.8) is 0 Å². The van der Waals surface area contributed by atoms with E-state index in [1.807, 2.05) is 6.07 Å². The van der Waals surface area contributed by atoms with Gasteiger partial charge in [-0.15, -0.1) is 0 Å². The van der Waals surface area contributed by atoms with Crippen molar-refractivity contribution in [2.75, 3.05) is 34.4 Å². The maximum absolute atomic E-state index is 5.29. The van der Waals surface area contributed by atoms with Gasteiger partial charge < -0.3 is 19.7 Å². The van der Waals surface area contributed by atoms with E-state index in [2.05, 4.69) is 50.2 Å². The molecule has 0 unspecified atom stereocenters. The van der Waals surface area contributed by atoms with E-state index in [1.54, 1.807) is 14.2 Å². The van der Waals surface area contributed by atoms with E-state index in [9.17, 15) is 0 Å². The van der Waals surface area contributed by atoms with Gasteiger partial charge in [0.1, 0.15) is 11.5 Å². The number of methoxy groups -OCH3 is 2. The molecule has 20 heavy (non-hydrogen) atoms. The molecule has 0 heterocycles. The zero-order chi connectivity index (χ0) is 15.2. The minimum atomic E-state index is 0.167. The van der Waals surface area contributed by atoms with Gasteiger partial charge >= 0.3 is 0 Å². The van der Waals surface area contributed by atoms with Gasteiger partial charge in [0.05, 0.1) is 14.2 Å². The Morgan fingerprint density at radius 2 is 1.60 bits per heavy atom. The number of hydrogen-bond acceptors (Lipinski definition) is 4. The fourth-order valence-corrected chi connectivity index (χ4v) is 1.97. The highest BCUT2D eigenvalue weighted by Gasteiger charge is 2.09. The van der Waals surface area contributed by atoms with E-state index < -0.39 is 0 Å². The molecule has 1 aromatic carbocycles. The van der Waals surface area contributed by atoms with Gasteiger partial charge in [-0.1, -0.05) is 0 Å². The Bertz CT molecular complexity index is 391. The Morgan fingerprint density at radius 1 is 1.05 bits per heavy atom. The van der Waals surface area contributed by atoms with Gasteiger partial charge in [-0.2, -0.15) is 0 Å². The molecule has 0 aliphatic carbocycles. The summed E-state index contributed by atoms with van der Waals surface area (Å²) in [6.45, 7) is 9.39. The molecule has 0 saturated carbocycles. The maximum Gasteiger partial charge on any atom is 0.122 e. The van der Waals surface area contributed by atoms with Crippen LogP contribution < -0.4 is 14.8 Å². The first-order valence-corrected chi connectivity index (χ1v) is 6.99. The van der Waals surface area contributed by atoms with Crippen LogP contribution in [0.5, 0.6) is 11.5 Å². The molecule has 1 rings (SSSR count). The molecular formula is C16H28N2O2. The molecule has 114 valence electrons. The van der Waals surface area contributed by atoms with Gasteiger partial charge in [0, 0.05) is 31.2 Å². The van der Waals surface area contributed by atoms with Crippen molar-refractivity contribution in [2.45, 2.75) is 32.9 Å². The van der Waals surface area contributed by atoms with Crippen LogP contribution in [-0.4, -0.2) is 44.8 Å². The number of hydrogen-bond donors (Lipinski definition) is 1. The van der Waals surface area contributed by atoms with Gasteiger partial charge in [-0.05, 0) is 45.5 Å². The van der Waals surface area contributed by atoms with Gasteiger partial charge in [0.2, 0.25) is 0 Å². The number of likely N-dealkylation sites (N-methyl/N-ethyl adjacent to an activating group) is 1. The standard InChI is InChI=1S/C16H28N2O2/c1-16(2,3)17-7-8-18(4)12-13-9-14(19-5)11-15(10-13)20-6/h9-11,17H,7-8,12H2,1-6H3. The summed E-state index contributed by atoms with van der Waals surface area (Å²) in [4.78, 5) is 2.28. The molecule has 1 aromatic rings. The lowest BCUT2D eigenvalue weighted by Crippen LogP contribution is -2.40. The van der Waals surface area contributed by atoms with Crippen LogP contribution in [0.3, 0.4) is 0 Å². The van der Waals surface area contributed by atoms with Crippen molar-refractivity contribution in [1.29, 1.82) is 0 Å². The molecule has 0 atom stereocenters. The van der Waals surface area contributed by atoms with Gasteiger partial charge in [-0.25, -0.2) is 0 Å². The summed E-state index contributed by atoms with van der Waals surface area (Å²) in [5.74, 6) is 1.67. The number of rotatable bonds is 7. The van der Waals surface area contributed by atoms with Crippen LogP contribution in [0.25, 0.3) is 0 Å². The monoisotopic (exact) mass is 280 g/mol. The predicted molar refractivity (Wildman–Crippen MR) is 83.6 cm³/mol. The first-order chi connectivity index (χ1) is 9.34. The smallest absolute Gasteiger partial charge is 0.122 e. The molecule has 0 radical (unpaired) electrons. The summed E-state index contributed by atoms with van der Waals surface area (Å²) in [6, 6.07) is 6.00. The average Bonchev–Trinajstić information content (AvgIpc) is 2.36. The first kappa shape index (κ1) is 16.8. The molecule has 0 fully saturated rings. The lowest BCUT2D eigenvalue weighted by molar-refractivity contribution is 0.302. The van der Waals surface area contributed by atoms with Crippen molar-refractivity contribution in [3.05, 3.63) is 23.8 Å². The zero-order valence-electron chi connectivity index (χ0n) is 13.6. The number of nitrogens with one attached hydrogen (secondary N) is 1. The van der Waals surface area contributed by atoms with Crippen molar-refractivity contribution in [1.82, 2.24) is 10.2 Å². The molecule has 0 aliphatic heterocycles. The lowest BCUT2D eigenvalue weighted by Gasteiger charge is -2.23. The second-order valence-corrected chi connectivity index (χ2v) is 6.14. The Labute approximate surface area is 123 Å².